The van der Waals surface area contributed by atoms with Gasteiger partial charge in [0.25, 0.3) is 0 Å². The van der Waals surface area contributed by atoms with Crippen LogP contribution in [0.4, 0.5) is 0 Å². The molecule has 0 bridgehead atoms. The highest BCUT2D eigenvalue weighted by Gasteiger charge is 2.15. The summed E-state index contributed by atoms with van der Waals surface area (Å²) < 4.78 is 5.23. The molecule has 0 spiro atoms. The van der Waals surface area contributed by atoms with Crippen molar-refractivity contribution >= 4 is 0 Å². The van der Waals surface area contributed by atoms with Crippen LogP contribution in [0.3, 0.4) is 0 Å². The molecule has 3 nitrogen and oxygen atoms in total. The number of hydrogen-bond acceptors (Lipinski definition) is 3. The van der Waals surface area contributed by atoms with Gasteiger partial charge in [-0.25, -0.2) is 0 Å². The van der Waals surface area contributed by atoms with Crippen molar-refractivity contribution in [2.45, 2.75) is 19.1 Å². The average molecular weight is 131 g/mol. The quantitative estimate of drug-likeness (QED) is 0.497. The summed E-state index contributed by atoms with van der Waals surface area (Å²) in [4.78, 5) is 0. The van der Waals surface area contributed by atoms with Crippen LogP contribution in [0.5, 0.6) is 0 Å². The lowest BCUT2D eigenvalue weighted by Crippen LogP contribution is -2.46. The SMILES string of the molecule is CC1COC(CO)CN1. The van der Waals surface area contributed by atoms with Gasteiger partial charge in [0, 0.05) is 12.6 Å². The highest BCUT2D eigenvalue weighted by molar-refractivity contribution is 4.71. The van der Waals surface area contributed by atoms with E-state index >= 15 is 0 Å². The molecule has 0 aromatic heterocycles. The van der Waals surface area contributed by atoms with Crippen LogP contribution in [0.1, 0.15) is 6.92 Å². The van der Waals surface area contributed by atoms with E-state index in [1.807, 2.05) is 0 Å². The van der Waals surface area contributed by atoms with E-state index in [0.29, 0.717) is 12.6 Å². The maximum absolute atomic E-state index is 8.61. The molecule has 1 heterocycles. The van der Waals surface area contributed by atoms with Crippen molar-refractivity contribution in [3.05, 3.63) is 0 Å². The molecular formula is C6H13NO2. The molecule has 0 saturated carbocycles. The number of aliphatic hydroxyl groups excluding tert-OH is 1. The first kappa shape index (κ1) is 6.99. The summed E-state index contributed by atoms with van der Waals surface area (Å²) in [6.45, 7) is 3.68. The molecular weight excluding hydrogens is 118 g/mol. The molecule has 1 rings (SSSR count). The van der Waals surface area contributed by atoms with Gasteiger partial charge in [0.15, 0.2) is 0 Å². The molecule has 0 aromatic rings. The Kier molecular flexibility index (Phi) is 2.45. The fraction of sp³-hybridized carbons (Fsp3) is 1.00. The third-order valence-electron chi connectivity index (χ3n) is 1.48. The van der Waals surface area contributed by atoms with E-state index < -0.39 is 0 Å². The van der Waals surface area contributed by atoms with Crippen molar-refractivity contribution in [2.75, 3.05) is 19.8 Å². The largest absolute Gasteiger partial charge is 0.394 e. The van der Waals surface area contributed by atoms with Gasteiger partial charge in [-0.05, 0) is 6.92 Å². The minimum Gasteiger partial charge on any atom is -0.394 e. The molecule has 0 radical (unpaired) electrons. The normalized spacial score (nSPS) is 36.7. The minimum atomic E-state index is 0.0150. The molecule has 0 aromatic carbocycles. The van der Waals surface area contributed by atoms with Crippen LogP contribution in [0, 0.1) is 0 Å². The predicted octanol–water partition coefficient (Wildman–Crippen LogP) is -0.644. The van der Waals surface area contributed by atoms with Crippen molar-refractivity contribution in [1.29, 1.82) is 0 Å². The lowest BCUT2D eigenvalue weighted by atomic mass is 10.2. The van der Waals surface area contributed by atoms with E-state index in [1.165, 1.54) is 0 Å². The standard InChI is InChI=1S/C6H13NO2/c1-5-4-9-6(3-8)2-7-5/h5-8H,2-4H2,1H3. The van der Waals surface area contributed by atoms with Crippen LogP contribution in [-0.4, -0.2) is 37.0 Å². The van der Waals surface area contributed by atoms with Crippen molar-refractivity contribution in [1.82, 2.24) is 5.32 Å². The molecule has 1 aliphatic rings. The summed E-state index contributed by atoms with van der Waals surface area (Å²) in [6, 6.07) is 0.438. The summed E-state index contributed by atoms with van der Waals surface area (Å²) in [5, 5.41) is 11.8. The fourth-order valence-corrected chi connectivity index (χ4v) is 0.848. The van der Waals surface area contributed by atoms with E-state index in [2.05, 4.69) is 12.2 Å². The summed E-state index contributed by atoms with van der Waals surface area (Å²) in [7, 11) is 0. The number of nitrogens with one attached hydrogen (secondary N) is 1. The number of hydrogen-bond donors (Lipinski definition) is 2. The maximum atomic E-state index is 8.61. The topological polar surface area (TPSA) is 41.5 Å². The Morgan fingerprint density at radius 2 is 2.56 bits per heavy atom. The Balaban J connectivity index is 2.18. The molecule has 0 aliphatic carbocycles. The van der Waals surface area contributed by atoms with Gasteiger partial charge in [-0.15, -0.1) is 0 Å². The van der Waals surface area contributed by atoms with Gasteiger partial charge in [-0.1, -0.05) is 0 Å². The van der Waals surface area contributed by atoms with Crippen LogP contribution in [0.25, 0.3) is 0 Å². The molecule has 3 heteroatoms. The van der Waals surface area contributed by atoms with Gasteiger partial charge >= 0.3 is 0 Å². The monoisotopic (exact) mass is 131 g/mol. The number of morpholine rings is 1. The molecule has 54 valence electrons. The van der Waals surface area contributed by atoms with E-state index in [4.69, 9.17) is 9.84 Å². The van der Waals surface area contributed by atoms with Gasteiger partial charge in [0.05, 0.1) is 19.3 Å². The average Bonchev–Trinajstić information content (AvgIpc) is 1.90. The second-order valence-electron chi connectivity index (χ2n) is 2.45. The van der Waals surface area contributed by atoms with Gasteiger partial charge in [-0.3, -0.25) is 0 Å². The van der Waals surface area contributed by atoms with Crippen LogP contribution in [0.2, 0.25) is 0 Å². The van der Waals surface area contributed by atoms with E-state index in [-0.39, 0.29) is 12.7 Å². The molecule has 2 N–H and O–H groups in total. The van der Waals surface area contributed by atoms with Crippen molar-refractivity contribution in [3.8, 4) is 0 Å². The van der Waals surface area contributed by atoms with Crippen molar-refractivity contribution < 1.29 is 9.84 Å². The molecule has 1 saturated heterocycles. The van der Waals surface area contributed by atoms with Crippen LogP contribution < -0.4 is 5.32 Å². The Morgan fingerprint density at radius 3 is 3.00 bits per heavy atom. The molecule has 9 heavy (non-hydrogen) atoms. The van der Waals surface area contributed by atoms with Gasteiger partial charge in [0.1, 0.15) is 0 Å². The van der Waals surface area contributed by atoms with Crippen LogP contribution in [0.15, 0.2) is 0 Å². The second kappa shape index (κ2) is 3.15. The van der Waals surface area contributed by atoms with E-state index in [1.54, 1.807) is 0 Å². The summed E-state index contributed by atoms with van der Waals surface area (Å²) >= 11 is 0. The van der Waals surface area contributed by atoms with Crippen LogP contribution in [-0.2, 0) is 4.74 Å². The molecule has 2 atom stereocenters. The first-order chi connectivity index (χ1) is 4.33. The smallest absolute Gasteiger partial charge is 0.0930 e. The third-order valence-corrected chi connectivity index (χ3v) is 1.48. The second-order valence-corrected chi connectivity index (χ2v) is 2.45. The van der Waals surface area contributed by atoms with Crippen molar-refractivity contribution in [2.24, 2.45) is 0 Å². The lowest BCUT2D eigenvalue weighted by molar-refractivity contribution is -0.0222. The first-order valence-electron chi connectivity index (χ1n) is 3.28. The van der Waals surface area contributed by atoms with Gasteiger partial charge in [-0.2, -0.15) is 0 Å². The lowest BCUT2D eigenvalue weighted by Gasteiger charge is -2.26. The molecule has 0 amide bonds. The van der Waals surface area contributed by atoms with Gasteiger partial charge in [0.2, 0.25) is 0 Å². The fourth-order valence-electron chi connectivity index (χ4n) is 0.848. The Bertz CT molecular complexity index is 79.1. The van der Waals surface area contributed by atoms with Gasteiger partial charge < -0.3 is 15.2 Å². The number of aliphatic hydroxyl groups is 1. The van der Waals surface area contributed by atoms with E-state index in [9.17, 15) is 0 Å². The molecule has 1 fully saturated rings. The minimum absolute atomic E-state index is 0.0150. The van der Waals surface area contributed by atoms with Crippen molar-refractivity contribution in [3.63, 3.8) is 0 Å². The Morgan fingerprint density at radius 1 is 1.78 bits per heavy atom. The summed E-state index contributed by atoms with van der Waals surface area (Å²) in [6.07, 6.45) is 0.0150. The molecule has 1 aliphatic heterocycles. The highest BCUT2D eigenvalue weighted by Crippen LogP contribution is 1.98. The maximum Gasteiger partial charge on any atom is 0.0930 e. The number of rotatable bonds is 1. The molecule has 2 unspecified atom stereocenters. The summed E-state index contributed by atoms with van der Waals surface area (Å²) in [5.41, 5.74) is 0. The van der Waals surface area contributed by atoms with Crippen LogP contribution >= 0.6 is 0 Å². The Labute approximate surface area is 55.0 Å². The summed E-state index contributed by atoms with van der Waals surface area (Å²) in [5.74, 6) is 0. The Hall–Kier alpha value is -0.120. The highest BCUT2D eigenvalue weighted by atomic mass is 16.5. The zero-order valence-corrected chi connectivity index (χ0v) is 5.63. The predicted molar refractivity (Wildman–Crippen MR) is 34.3 cm³/mol. The third kappa shape index (κ3) is 1.93. The number of ether oxygens (including phenoxy) is 1. The zero-order chi connectivity index (χ0) is 6.69. The first-order valence-corrected chi connectivity index (χ1v) is 3.28. The zero-order valence-electron chi connectivity index (χ0n) is 5.63. The van der Waals surface area contributed by atoms with E-state index in [0.717, 1.165) is 6.54 Å².